The van der Waals surface area contributed by atoms with Crippen LogP contribution in [0.3, 0.4) is 0 Å². The lowest BCUT2D eigenvalue weighted by molar-refractivity contribution is -0.194. The summed E-state index contributed by atoms with van der Waals surface area (Å²) in [5.41, 5.74) is 0.390. The lowest BCUT2D eigenvalue weighted by Gasteiger charge is -2.70. The van der Waals surface area contributed by atoms with Crippen molar-refractivity contribution in [3.8, 4) is 11.5 Å². The van der Waals surface area contributed by atoms with E-state index in [2.05, 4.69) is 10.6 Å². The minimum atomic E-state index is -0.750. The third-order valence-corrected chi connectivity index (χ3v) is 7.66. The second-order valence-corrected chi connectivity index (χ2v) is 13.0. The zero-order valence-corrected chi connectivity index (χ0v) is 22.1. The quantitative estimate of drug-likeness (QED) is 0.659. The molecule has 5 aliphatic rings. The molecule has 3 fully saturated rings. The molecule has 2 N–H and O–H groups in total. The van der Waals surface area contributed by atoms with Gasteiger partial charge in [-0.1, -0.05) is 20.8 Å². The van der Waals surface area contributed by atoms with E-state index in [0.717, 1.165) is 23.5 Å². The third-order valence-electron chi connectivity index (χ3n) is 7.66. The molecule has 0 aromatic heterocycles. The normalized spacial score (nSPS) is 26.7. The van der Waals surface area contributed by atoms with Crippen molar-refractivity contribution in [3.05, 3.63) is 23.3 Å². The van der Waals surface area contributed by atoms with Crippen LogP contribution in [0.25, 0.3) is 0 Å². The van der Waals surface area contributed by atoms with Crippen LogP contribution in [-0.4, -0.2) is 53.3 Å². The van der Waals surface area contributed by atoms with Gasteiger partial charge in [-0.3, -0.25) is 9.59 Å². The molecule has 3 amide bonds. The van der Waals surface area contributed by atoms with E-state index >= 15 is 0 Å². The SMILES string of the molecule is CC(C)(C)OC(=O)N[C@H](C(=O)NC12CC(C(=O)N3CCc4cc5c(cc4C3)OCO5)(C1)C2)C(C)(C)C. The first-order valence-electron chi connectivity index (χ1n) is 12.7. The first-order chi connectivity index (χ1) is 16.7. The maximum Gasteiger partial charge on any atom is 0.408 e. The molecule has 196 valence electrons. The van der Waals surface area contributed by atoms with E-state index < -0.39 is 28.6 Å². The Hall–Kier alpha value is -2.97. The Morgan fingerprint density at radius 2 is 1.61 bits per heavy atom. The number of amides is 3. The van der Waals surface area contributed by atoms with E-state index in [1.165, 1.54) is 5.56 Å². The van der Waals surface area contributed by atoms with Crippen LogP contribution in [0.5, 0.6) is 11.5 Å². The van der Waals surface area contributed by atoms with Crippen molar-refractivity contribution in [2.45, 2.75) is 91.0 Å². The maximum atomic E-state index is 13.5. The molecule has 36 heavy (non-hydrogen) atoms. The minimum Gasteiger partial charge on any atom is -0.454 e. The van der Waals surface area contributed by atoms with Crippen molar-refractivity contribution in [2.24, 2.45) is 10.8 Å². The standard InChI is InChI=1S/C27H37N3O6/c1-24(2,3)20(28-23(33)36-25(4,5)6)21(31)29-27-12-26(13-27,14-27)22(32)30-8-7-16-9-18-19(35-15-34-18)10-17(16)11-30/h9-10,20H,7-8,11-15H2,1-6H3,(H,28,33)(H,29,31)/t20-,26?,27?/m1/s1. The summed E-state index contributed by atoms with van der Waals surface area (Å²) in [4.78, 5) is 41.0. The topological polar surface area (TPSA) is 106 Å². The zero-order valence-electron chi connectivity index (χ0n) is 22.1. The van der Waals surface area contributed by atoms with Crippen LogP contribution in [-0.2, 0) is 27.3 Å². The van der Waals surface area contributed by atoms with E-state index in [1.807, 2.05) is 37.8 Å². The molecular weight excluding hydrogens is 462 g/mol. The second kappa shape index (κ2) is 8.02. The van der Waals surface area contributed by atoms with Gasteiger partial charge in [-0.05, 0) is 75.1 Å². The largest absolute Gasteiger partial charge is 0.454 e. The first kappa shape index (κ1) is 24.7. The molecule has 3 saturated carbocycles. The number of rotatable bonds is 4. The van der Waals surface area contributed by atoms with Gasteiger partial charge in [0, 0.05) is 18.6 Å². The van der Waals surface area contributed by atoms with Gasteiger partial charge in [0.05, 0.1) is 5.41 Å². The van der Waals surface area contributed by atoms with Crippen LogP contribution in [0.2, 0.25) is 0 Å². The lowest BCUT2D eigenvalue weighted by Crippen LogP contribution is -2.79. The highest BCUT2D eigenvalue weighted by Gasteiger charge is 2.73. The number of nitrogens with one attached hydrogen (secondary N) is 2. The molecule has 6 rings (SSSR count). The van der Waals surface area contributed by atoms with E-state index in [9.17, 15) is 14.4 Å². The summed E-state index contributed by atoms with van der Waals surface area (Å²) in [6.07, 6.45) is 2.09. The molecule has 0 radical (unpaired) electrons. The highest BCUT2D eigenvalue weighted by molar-refractivity contribution is 5.91. The average Bonchev–Trinajstić information content (AvgIpc) is 3.16. The van der Waals surface area contributed by atoms with Gasteiger partial charge in [0.15, 0.2) is 11.5 Å². The van der Waals surface area contributed by atoms with Gasteiger partial charge in [-0.25, -0.2) is 4.79 Å². The van der Waals surface area contributed by atoms with Crippen molar-refractivity contribution < 1.29 is 28.6 Å². The van der Waals surface area contributed by atoms with Crippen LogP contribution in [0, 0.1) is 10.8 Å². The molecule has 3 aliphatic carbocycles. The van der Waals surface area contributed by atoms with Gasteiger partial charge in [0.25, 0.3) is 0 Å². The Morgan fingerprint density at radius 1 is 1.00 bits per heavy atom. The number of carbonyl (C=O) groups excluding carboxylic acids is 3. The number of fused-ring (bicyclic) bond motifs is 2. The highest BCUT2D eigenvalue weighted by Crippen LogP contribution is 2.68. The molecule has 0 unspecified atom stereocenters. The fraction of sp³-hybridized carbons (Fsp3) is 0.667. The van der Waals surface area contributed by atoms with Crippen molar-refractivity contribution in [2.75, 3.05) is 13.3 Å². The molecule has 9 heteroatoms. The van der Waals surface area contributed by atoms with Crippen molar-refractivity contribution in [3.63, 3.8) is 0 Å². The minimum absolute atomic E-state index is 0.168. The number of hydrogen-bond acceptors (Lipinski definition) is 6. The van der Waals surface area contributed by atoms with Crippen molar-refractivity contribution in [1.82, 2.24) is 15.5 Å². The molecule has 1 atom stereocenters. The third kappa shape index (κ3) is 4.37. The van der Waals surface area contributed by atoms with Crippen LogP contribution >= 0.6 is 0 Å². The van der Waals surface area contributed by atoms with Gasteiger partial charge in [-0.2, -0.15) is 0 Å². The predicted octanol–water partition coefficient (Wildman–Crippen LogP) is 3.28. The monoisotopic (exact) mass is 499 g/mol. The molecule has 2 heterocycles. The molecule has 0 saturated heterocycles. The summed E-state index contributed by atoms with van der Waals surface area (Å²) >= 11 is 0. The highest BCUT2D eigenvalue weighted by atomic mass is 16.7. The number of hydrogen-bond donors (Lipinski definition) is 2. The Bertz CT molecular complexity index is 1100. The second-order valence-electron chi connectivity index (χ2n) is 13.0. The van der Waals surface area contributed by atoms with Crippen molar-refractivity contribution >= 4 is 17.9 Å². The molecule has 0 spiro atoms. The summed E-state index contributed by atoms with van der Waals surface area (Å²) in [5, 5.41) is 5.89. The zero-order chi connectivity index (χ0) is 26.1. The number of benzene rings is 1. The predicted molar refractivity (Wildman–Crippen MR) is 131 cm³/mol. The van der Waals surface area contributed by atoms with E-state index in [0.29, 0.717) is 32.4 Å². The average molecular weight is 500 g/mol. The van der Waals surface area contributed by atoms with Crippen LogP contribution in [0.4, 0.5) is 4.79 Å². The summed E-state index contributed by atoms with van der Waals surface area (Å²) in [6, 6.07) is 3.27. The summed E-state index contributed by atoms with van der Waals surface area (Å²) in [7, 11) is 0. The number of ether oxygens (including phenoxy) is 3. The fourth-order valence-electron chi connectivity index (χ4n) is 6.04. The first-order valence-corrected chi connectivity index (χ1v) is 12.7. The Kier molecular flexibility index (Phi) is 5.50. The van der Waals surface area contributed by atoms with E-state index in [1.54, 1.807) is 20.8 Å². The molecule has 2 bridgehead atoms. The Morgan fingerprint density at radius 3 is 2.19 bits per heavy atom. The van der Waals surface area contributed by atoms with E-state index in [4.69, 9.17) is 14.2 Å². The van der Waals surface area contributed by atoms with Crippen LogP contribution < -0.4 is 20.1 Å². The van der Waals surface area contributed by atoms with Gasteiger partial charge in [0.1, 0.15) is 11.6 Å². The number of alkyl carbamates (subject to hydrolysis) is 1. The van der Waals surface area contributed by atoms with Crippen LogP contribution in [0.1, 0.15) is 71.9 Å². The Balaban J connectivity index is 1.18. The molecule has 1 aromatic rings. The Labute approximate surface area is 212 Å². The summed E-state index contributed by atoms with van der Waals surface area (Å²) < 4.78 is 16.4. The smallest absolute Gasteiger partial charge is 0.408 e. The molecule has 1 aromatic carbocycles. The van der Waals surface area contributed by atoms with Gasteiger partial charge in [-0.15, -0.1) is 0 Å². The maximum absolute atomic E-state index is 13.5. The van der Waals surface area contributed by atoms with Gasteiger partial charge < -0.3 is 29.7 Å². The van der Waals surface area contributed by atoms with Gasteiger partial charge in [0.2, 0.25) is 18.6 Å². The summed E-state index contributed by atoms with van der Waals surface area (Å²) in [6.45, 7) is 12.6. The van der Waals surface area contributed by atoms with Gasteiger partial charge >= 0.3 is 6.09 Å². The number of nitrogens with zero attached hydrogens (tertiary/aromatic N) is 1. The van der Waals surface area contributed by atoms with Crippen molar-refractivity contribution in [1.29, 1.82) is 0 Å². The van der Waals surface area contributed by atoms with Crippen LogP contribution in [0.15, 0.2) is 12.1 Å². The number of carbonyl (C=O) groups is 3. The molecular formula is C27H37N3O6. The molecule has 2 aliphatic heterocycles. The molecule has 9 nitrogen and oxygen atoms in total. The summed E-state index contributed by atoms with van der Waals surface area (Å²) in [5.74, 6) is 1.45. The lowest BCUT2D eigenvalue weighted by atomic mass is 9.38. The fourth-order valence-corrected chi connectivity index (χ4v) is 6.04. The van der Waals surface area contributed by atoms with E-state index in [-0.39, 0.29) is 24.1 Å².